The zero-order valence-electron chi connectivity index (χ0n) is 15.2. The van der Waals surface area contributed by atoms with E-state index in [0.29, 0.717) is 6.61 Å². The Morgan fingerprint density at radius 3 is 2.59 bits per heavy atom. The first-order chi connectivity index (χ1) is 13.7. The van der Waals surface area contributed by atoms with Crippen molar-refractivity contribution in [2.45, 2.75) is 31.5 Å². The van der Waals surface area contributed by atoms with Gasteiger partial charge in [0.15, 0.2) is 5.82 Å². The van der Waals surface area contributed by atoms with Crippen LogP contribution in [-0.4, -0.2) is 50.2 Å². The van der Waals surface area contributed by atoms with Gasteiger partial charge in [-0.05, 0) is 24.5 Å². The maximum absolute atomic E-state index is 13.8. The second-order valence-electron chi connectivity index (χ2n) is 6.51. The third-order valence-corrected chi connectivity index (χ3v) is 4.11. The third kappa shape index (κ3) is 5.61. The number of nitrogens with zero attached hydrogens (tertiary/aromatic N) is 4. The van der Waals surface area contributed by atoms with Crippen LogP contribution in [0.1, 0.15) is 18.4 Å². The Kier molecular flexibility index (Phi) is 6.28. The predicted molar refractivity (Wildman–Crippen MR) is 96.4 cm³/mol. The standard InChI is InChI=1S/C13H9F4N5.C5H10O2/c14-8-3-10(22-11(8)6-20-12(18)21-22)9-2-1-7(5-19-9)4-13(15,16)17;6-5-2-1-3-7-4-5/h1-3,5-6H,4H2,(H2,18,21);5-6H,1-4H2. The van der Waals surface area contributed by atoms with Gasteiger partial charge in [0, 0.05) is 18.9 Å². The van der Waals surface area contributed by atoms with Gasteiger partial charge in [-0.3, -0.25) is 4.98 Å². The molecule has 0 aliphatic carbocycles. The lowest BCUT2D eigenvalue weighted by Crippen LogP contribution is -2.21. The van der Waals surface area contributed by atoms with E-state index in [1.165, 1.54) is 28.9 Å². The first-order valence-corrected chi connectivity index (χ1v) is 8.80. The van der Waals surface area contributed by atoms with Gasteiger partial charge in [0.2, 0.25) is 5.95 Å². The minimum atomic E-state index is -4.31. The van der Waals surface area contributed by atoms with Crippen LogP contribution in [0.4, 0.5) is 23.5 Å². The number of aromatic nitrogens is 4. The van der Waals surface area contributed by atoms with E-state index in [-0.39, 0.29) is 34.5 Å². The number of nitrogens with two attached hydrogens (primary N) is 1. The van der Waals surface area contributed by atoms with Crippen LogP contribution >= 0.6 is 0 Å². The van der Waals surface area contributed by atoms with Gasteiger partial charge in [0.1, 0.15) is 5.52 Å². The molecule has 1 atom stereocenters. The summed E-state index contributed by atoms with van der Waals surface area (Å²) in [6, 6.07) is 3.84. The summed E-state index contributed by atoms with van der Waals surface area (Å²) in [5.41, 5.74) is 6.14. The van der Waals surface area contributed by atoms with Crippen LogP contribution in [0, 0.1) is 5.82 Å². The highest BCUT2D eigenvalue weighted by Gasteiger charge is 2.27. The summed E-state index contributed by atoms with van der Waals surface area (Å²) in [7, 11) is 0. The smallest absolute Gasteiger partial charge is 0.391 e. The monoisotopic (exact) mass is 413 g/mol. The van der Waals surface area contributed by atoms with Crippen molar-refractivity contribution in [1.29, 1.82) is 0 Å². The van der Waals surface area contributed by atoms with E-state index >= 15 is 0 Å². The molecule has 3 N–H and O–H groups in total. The molecule has 4 heterocycles. The van der Waals surface area contributed by atoms with Crippen LogP contribution in [0.2, 0.25) is 0 Å². The average Bonchev–Trinajstić information content (AvgIpc) is 2.98. The van der Waals surface area contributed by atoms with Crippen molar-refractivity contribution in [3.05, 3.63) is 42.0 Å². The van der Waals surface area contributed by atoms with E-state index in [0.717, 1.165) is 25.6 Å². The van der Waals surface area contributed by atoms with Crippen LogP contribution in [0.3, 0.4) is 0 Å². The number of hydrogen-bond donors (Lipinski definition) is 2. The van der Waals surface area contributed by atoms with E-state index in [4.69, 9.17) is 15.6 Å². The summed E-state index contributed by atoms with van der Waals surface area (Å²) in [5.74, 6) is -0.630. The van der Waals surface area contributed by atoms with Gasteiger partial charge < -0.3 is 15.6 Å². The topological polar surface area (TPSA) is 98.6 Å². The van der Waals surface area contributed by atoms with Crippen LogP contribution in [0.15, 0.2) is 30.6 Å². The molecule has 1 unspecified atom stereocenters. The fourth-order valence-electron chi connectivity index (χ4n) is 2.78. The van der Waals surface area contributed by atoms with Crippen molar-refractivity contribution in [3.8, 4) is 11.4 Å². The molecule has 0 saturated carbocycles. The normalized spacial score (nSPS) is 17.1. The fraction of sp³-hybridized carbons (Fsp3) is 0.389. The number of aliphatic hydroxyl groups is 1. The first kappa shape index (κ1) is 20.9. The van der Waals surface area contributed by atoms with Gasteiger partial charge >= 0.3 is 6.18 Å². The molecule has 1 aliphatic heterocycles. The summed E-state index contributed by atoms with van der Waals surface area (Å²) >= 11 is 0. The second kappa shape index (κ2) is 8.70. The largest absolute Gasteiger partial charge is 0.393 e. The summed E-state index contributed by atoms with van der Waals surface area (Å²) < 4.78 is 56.9. The average molecular weight is 413 g/mol. The lowest BCUT2D eigenvalue weighted by molar-refractivity contribution is -0.127. The second-order valence-corrected chi connectivity index (χ2v) is 6.51. The molecule has 4 rings (SSSR count). The Morgan fingerprint density at radius 1 is 1.24 bits per heavy atom. The quantitative estimate of drug-likeness (QED) is 0.627. The molecule has 7 nitrogen and oxygen atoms in total. The molecule has 1 fully saturated rings. The summed E-state index contributed by atoms with van der Waals surface area (Å²) in [5, 5.41) is 12.7. The number of fused-ring (bicyclic) bond motifs is 1. The highest BCUT2D eigenvalue weighted by atomic mass is 19.4. The SMILES string of the molecule is Nc1ncc2c(F)cc(-c3ccc(CC(F)(F)F)cn3)n2n1.OC1CCCOC1. The van der Waals surface area contributed by atoms with Gasteiger partial charge in [-0.2, -0.15) is 13.2 Å². The molecule has 0 aromatic carbocycles. The summed E-state index contributed by atoms with van der Waals surface area (Å²) in [6.45, 7) is 1.37. The number of alkyl halides is 3. The van der Waals surface area contributed by atoms with Crippen molar-refractivity contribution < 1.29 is 27.4 Å². The maximum atomic E-state index is 13.8. The van der Waals surface area contributed by atoms with Crippen LogP contribution in [0.25, 0.3) is 16.9 Å². The van der Waals surface area contributed by atoms with E-state index < -0.39 is 18.4 Å². The fourth-order valence-corrected chi connectivity index (χ4v) is 2.78. The first-order valence-electron chi connectivity index (χ1n) is 8.80. The number of aliphatic hydroxyl groups excluding tert-OH is 1. The van der Waals surface area contributed by atoms with Gasteiger partial charge in [0.05, 0.1) is 36.7 Å². The van der Waals surface area contributed by atoms with E-state index in [1.807, 2.05) is 0 Å². The highest BCUT2D eigenvalue weighted by Crippen LogP contribution is 2.25. The molecule has 3 aromatic rings. The number of hydrogen-bond acceptors (Lipinski definition) is 6. The molecule has 1 saturated heterocycles. The van der Waals surface area contributed by atoms with Crippen LogP contribution in [0.5, 0.6) is 0 Å². The molecule has 0 bridgehead atoms. The maximum Gasteiger partial charge on any atom is 0.393 e. The molecule has 0 amide bonds. The molecule has 1 aliphatic rings. The highest BCUT2D eigenvalue weighted by molar-refractivity contribution is 5.64. The van der Waals surface area contributed by atoms with E-state index in [2.05, 4.69) is 15.1 Å². The Labute approximate surface area is 163 Å². The number of anilines is 1. The van der Waals surface area contributed by atoms with Crippen LogP contribution in [-0.2, 0) is 11.2 Å². The number of nitrogen functional groups attached to an aromatic ring is 1. The summed E-state index contributed by atoms with van der Waals surface area (Å²) in [4.78, 5) is 7.63. The zero-order chi connectivity index (χ0) is 21.0. The number of pyridine rings is 1. The zero-order valence-corrected chi connectivity index (χ0v) is 15.2. The summed E-state index contributed by atoms with van der Waals surface area (Å²) in [6.07, 6.45) is -1.31. The Morgan fingerprint density at radius 2 is 2.03 bits per heavy atom. The van der Waals surface area contributed by atoms with Gasteiger partial charge in [-0.1, -0.05) is 6.07 Å². The van der Waals surface area contributed by atoms with Crippen LogP contribution < -0.4 is 5.73 Å². The van der Waals surface area contributed by atoms with Crippen molar-refractivity contribution in [2.75, 3.05) is 18.9 Å². The number of halogens is 4. The molecule has 156 valence electrons. The number of rotatable bonds is 2. The lowest BCUT2D eigenvalue weighted by Gasteiger charge is -2.15. The molecule has 11 heteroatoms. The van der Waals surface area contributed by atoms with Gasteiger partial charge in [0.25, 0.3) is 0 Å². The van der Waals surface area contributed by atoms with Crippen molar-refractivity contribution >= 4 is 11.5 Å². The lowest BCUT2D eigenvalue weighted by atomic mass is 10.2. The molecule has 0 radical (unpaired) electrons. The van der Waals surface area contributed by atoms with Crippen molar-refractivity contribution in [3.63, 3.8) is 0 Å². The predicted octanol–water partition coefficient (Wildman–Crippen LogP) is 2.78. The third-order valence-electron chi connectivity index (χ3n) is 4.11. The van der Waals surface area contributed by atoms with Crippen molar-refractivity contribution in [1.82, 2.24) is 19.6 Å². The molecular weight excluding hydrogens is 394 g/mol. The Bertz CT molecular complexity index is 953. The molecule has 0 spiro atoms. The van der Waals surface area contributed by atoms with E-state index in [1.54, 1.807) is 0 Å². The Balaban J connectivity index is 0.000000290. The molecule has 29 heavy (non-hydrogen) atoms. The minimum Gasteiger partial charge on any atom is -0.391 e. The van der Waals surface area contributed by atoms with Crippen molar-refractivity contribution in [2.24, 2.45) is 0 Å². The van der Waals surface area contributed by atoms with Gasteiger partial charge in [-0.25, -0.2) is 13.9 Å². The molecule has 3 aromatic heterocycles. The minimum absolute atomic E-state index is 0.0201. The number of ether oxygens (including phenoxy) is 1. The Hall–Kier alpha value is -2.79. The molecular formula is C18H19F4N5O2. The van der Waals surface area contributed by atoms with Gasteiger partial charge in [-0.15, -0.1) is 5.10 Å². The van der Waals surface area contributed by atoms with E-state index in [9.17, 15) is 17.6 Å².